The van der Waals surface area contributed by atoms with Crippen molar-refractivity contribution >= 4 is 66.6 Å². The predicted molar refractivity (Wildman–Crippen MR) is 178 cm³/mol. The van der Waals surface area contributed by atoms with Crippen LogP contribution in [0.2, 0.25) is 7.87 Å². The molecule has 0 aliphatic carbocycles. The zero-order valence-electron chi connectivity index (χ0n) is 26.8. The molecular formula is C35H48O6Sn2. The molecule has 8 heteroatoms. The third-order valence-electron chi connectivity index (χ3n) is 7.89. The van der Waals surface area contributed by atoms with Gasteiger partial charge in [-0.3, -0.25) is 0 Å². The summed E-state index contributed by atoms with van der Waals surface area (Å²) in [6.07, 6.45) is 2.24. The van der Waals surface area contributed by atoms with Crippen molar-refractivity contribution in [3.8, 4) is 0 Å². The Morgan fingerprint density at radius 3 is 1.02 bits per heavy atom. The number of carbonyl (C=O) groups excluding carboxylic acids is 3. The van der Waals surface area contributed by atoms with Crippen molar-refractivity contribution in [1.29, 1.82) is 0 Å². The molecule has 0 saturated carbocycles. The van der Waals surface area contributed by atoms with Crippen LogP contribution >= 0.6 is 0 Å². The van der Waals surface area contributed by atoms with E-state index in [2.05, 4.69) is 105 Å². The van der Waals surface area contributed by atoms with Gasteiger partial charge in [-0.25, -0.2) is 0 Å². The van der Waals surface area contributed by atoms with E-state index in [-0.39, 0.29) is 23.2 Å². The minimum absolute atomic E-state index is 0.141. The van der Waals surface area contributed by atoms with Crippen molar-refractivity contribution in [2.45, 2.75) is 88.4 Å². The average Bonchev–Trinajstić information content (AvgIpc) is 3.06. The average molecular weight is 802 g/mol. The maximum atomic E-state index is 11.6. The molecule has 232 valence electrons. The van der Waals surface area contributed by atoms with Crippen LogP contribution in [0.1, 0.15) is 80.6 Å². The van der Waals surface area contributed by atoms with Crippen molar-refractivity contribution in [2.75, 3.05) is 0 Å². The summed E-state index contributed by atoms with van der Waals surface area (Å²) in [7, 11) is 0. The van der Waals surface area contributed by atoms with Crippen LogP contribution in [-0.4, -0.2) is 55.9 Å². The van der Waals surface area contributed by atoms with Gasteiger partial charge in [-0.2, -0.15) is 0 Å². The Hall–Kier alpha value is -2.33. The summed E-state index contributed by atoms with van der Waals surface area (Å²) < 4.78 is 21.3. The SMILES string of the molecule is CCC(=O)[O][Sn]([O]C(=O)CC)([O]C(=O)CC)[CH](C)CC.CC[CH](C)[Sn]([c]1ccccc1)([c]1ccccc1)[c]1ccccc1. The van der Waals surface area contributed by atoms with Crippen LogP contribution in [0, 0.1) is 0 Å². The summed E-state index contributed by atoms with van der Waals surface area (Å²) in [5.74, 6) is -1.52. The third kappa shape index (κ3) is 9.58. The van der Waals surface area contributed by atoms with Gasteiger partial charge in [-0.05, 0) is 0 Å². The van der Waals surface area contributed by atoms with E-state index >= 15 is 0 Å². The van der Waals surface area contributed by atoms with Gasteiger partial charge >= 0.3 is 270 Å². The van der Waals surface area contributed by atoms with Crippen LogP contribution in [0.15, 0.2) is 91.0 Å². The molecule has 3 aromatic rings. The van der Waals surface area contributed by atoms with Crippen molar-refractivity contribution in [2.24, 2.45) is 0 Å². The second kappa shape index (κ2) is 18.5. The molecule has 0 fully saturated rings. The van der Waals surface area contributed by atoms with Gasteiger partial charge in [0.15, 0.2) is 0 Å². The molecule has 0 spiro atoms. The number of benzene rings is 3. The quantitative estimate of drug-likeness (QED) is 0.183. The van der Waals surface area contributed by atoms with Crippen LogP contribution in [-0.2, 0) is 23.6 Å². The molecule has 3 rings (SSSR count). The van der Waals surface area contributed by atoms with Gasteiger partial charge < -0.3 is 0 Å². The molecule has 0 radical (unpaired) electrons. The summed E-state index contributed by atoms with van der Waals surface area (Å²) in [6.45, 7) is 13.4. The Morgan fingerprint density at radius 2 is 0.791 bits per heavy atom. The van der Waals surface area contributed by atoms with Gasteiger partial charge in [-0.15, -0.1) is 0 Å². The molecule has 6 nitrogen and oxygen atoms in total. The Labute approximate surface area is 267 Å². The van der Waals surface area contributed by atoms with Crippen LogP contribution in [0.4, 0.5) is 0 Å². The van der Waals surface area contributed by atoms with E-state index in [1.165, 1.54) is 6.42 Å². The molecule has 3 aromatic carbocycles. The molecule has 0 aliphatic rings. The van der Waals surface area contributed by atoms with E-state index in [9.17, 15) is 14.4 Å². The van der Waals surface area contributed by atoms with Crippen molar-refractivity contribution in [3.63, 3.8) is 0 Å². The Bertz CT molecular complexity index is 1130. The fourth-order valence-corrected chi connectivity index (χ4v) is 28.2. The van der Waals surface area contributed by atoms with E-state index in [1.54, 1.807) is 38.4 Å². The molecular weight excluding hydrogens is 754 g/mol. The molecule has 0 bridgehead atoms. The molecule has 0 saturated heterocycles. The second-order valence-corrected chi connectivity index (χ2v) is 31.0. The molecule has 2 unspecified atom stereocenters. The van der Waals surface area contributed by atoms with Crippen LogP contribution in [0.5, 0.6) is 0 Å². The van der Waals surface area contributed by atoms with Gasteiger partial charge in [-0.1, -0.05) is 0 Å². The van der Waals surface area contributed by atoms with E-state index in [4.69, 9.17) is 9.22 Å². The van der Waals surface area contributed by atoms with Gasteiger partial charge in [0.25, 0.3) is 0 Å². The maximum absolute atomic E-state index is 11.6. The molecule has 0 aliphatic heterocycles. The third-order valence-corrected chi connectivity index (χ3v) is 32.9. The first-order valence-electron chi connectivity index (χ1n) is 15.5. The summed E-state index contributed by atoms with van der Waals surface area (Å²) in [5.41, 5.74) is 0. The fourth-order valence-electron chi connectivity index (χ4n) is 5.07. The summed E-state index contributed by atoms with van der Waals surface area (Å²) in [4.78, 5) is 34.9. The van der Waals surface area contributed by atoms with E-state index in [0.717, 1.165) is 0 Å². The minimum atomic E-state index is -4.59. The zero-order chi connectivity index (χ0) is 31.9. The molecule has 0 heterocycles. The topological polar surface area (TPSA) is 78.9 Å². The molecule has 43 heavy (non-hydrogen) atoms. The molecule has 0 N–H and O–H groups in total. The Kier molecular flexibility index (Phi) is 15.8. The molecule has 0 amide bonds. The van der Waals surface area contributed by atoms with Crippen LogP contribution in [0.25, 0.3) is 0 Å². The van der Waals surface area contributed by atoms with Gasteiger partial charge in [0.05, 0.1) is 0 Å². The van der Waals surface area contributed by atoms with Crippen LogP contribution in [0.3, 0.4) is 0 Å². The zero-order valence-corrected chi connectivity index (χ0v) is 32.5. The predicted octanol–water partition coefficient (Wildman–Crippen LogP) is 6.54. The van der Waals surface area contributed by atoms with Crippen molar-refractivity contribution < 1.29 is 23.6 Å². The molecule has 0 aromatic heterocycles. The first-order chi connectivity index (χ1) is 20.6. The first-order valence-corrected chi connectivity index (χ1v) is 26.5. The summed E-state index contributed by atoms with van der Waals surface area (Å²) in [5, 5.41) is 0. The van der Waals surface area contributed by atoms with Crippen molar-refractivity contribution in [1.82, 2.24) is 0 Å². The van der Waals surface area contributed by atoms with E-state index in [1.807, 2.05) is 6.92 Å². The Balaban J connectivity index is 0.000000304. The molecule has 2 atom stereocenters. The normalized spacial score (nSPS) is 12.6. The number of carbonyl (C=O) groups is 3. The van der Waals surface area contributed by atoms with Crippen molar-refractivity contribution in [3.05, 3.63) is 91.0 Å². The standard InChI is InChI=1S/3C6H5.2C4H9.3C3H6O2.2Sn/c3*1-2-4-6-5-3-1;2*1-3-4-2;3*1-2-3(4)5;;/h3*1-5H;2*3H,4H2,1-2H3;3*2H2,1H3,(H,4,5);;/q;;;;;;;;;+3/p-3. The Morgan fingerprint density at radius 1 is 0.512 bits per heavy atom. The van der Waals surface area contributed by atoms with Gasteiger partial charge in [0.1, 0.15) is 0 Å². The van der Waals surface area contributed by atoms with Gasteiger partial charge in [0.2, 0.25) is 0 Å². The first kappa shape index (κ1) is 36.9. The summed E-state index contributed by atoms with van der Waals surface area (Å²) in [6, 6.07) is 33.8. The number of hydrogen-bond donors (Lipinski definition) is 0. The number of hydrogen-bond acceptors (Lipinski definition) is 6. The summed E-state index contributed by atoms with van der Waals surface area (Å²) >= 11 is -7.59. The second-order valence-electron chi connectivity index (χ2n) is 10.6. The van der Waals surface area contributed by atoms with E-state index in [0.29, 0.717) is 10.4 Å². The van der Waals surface area contributed by atoms with Gasteiger partial charge in [0, 0.05) is 0 Å². The fraction of sp³-hybridized carbons (Fsp3) is 0.400. The monoisotopic (exact) mass is 804 g/mol. The van der Waals surface area contributed by atoms with Crippen LogP contribution < -0.4 is 10.7 Å². The number of rotatable bonds is 13. The van der Waals surface area contributed by atoms with E-state index < -0.39 is 55.9 Å².